The molecule has 0 unspecified atom stereocenters. The van der Waals surface area contributed by atoms with E-state index in [0.717, 1.165) is 0 Å². The van der Waals surface area contributed by atoms with E-state index >= 15 is 0 Å². The van der Waals surface area contributed by atoms with Crippen LogP contribution in [0, 0.1) is 46.7 Å². The minimum Gasteiger partial charge on any atom is -0.307 e. The summed E-state index contributed by atoms with van der Waals surface area (Å²) in [7, 11) is 0. The first-order valence-corrected chi connectivity index (χ1v) is 9.76. The summed E-state index contributed by atoms with van der Waals surface area (Å²) in [6.07, 6.45) is 0. The Morgan fingerprint density at radius 3 is 1.50 bits per heavy atom. The molecule has 4 aromatic heterocycles. The predicted octanol–water partition coefficient (Wildman–Crippen LogP) is 4.55. The quantitative estimate of drug-likeness (QED) is 0.242. The van der Waals surface area contributed by atoms with E-state index in [1.807, 2.05) is 13.8 Å². The van der Waals surface area contributed by atoms with Gasteiger partial charge in [-0.1, -0.05) is 35.4 Å². The Bertz CT molecular complexity index is 1350. The van der Waals surface area contributed by atoms with Crippen LogP contribution in [0.4, 0.5) is 8.78 Å². The van der Waals surface area contributed by atoms with Crippen molar-refractivity contribution in [1.29, 1.82) is 10.5 Å². The smallest absolute Gasteiger partial charge is 0.307 e. The van der Waals surface area contributed by atoms with Crippen LogP contribution in [0.15, 0.2) is 48.5 Å². The van der Waals surface area contributed by atoms with Gasteiger partial charge in [-0.05, 0) is 37.4 Å². The van der Waals surface area contributed by atoms with Gasteiger partial charge in [0.2, 0.25) is 0 Å². The molecule has 34 heavy (non-hydrogen) atoms. The van der Waals surface area contributed by atoms with E-state index < -0.39 is 17.3 Å². The summed E-state index contributed by atoms with van der Waals surface area (Å²) in [6.45, 7) is 3.78. The zero-order valence-electron chi connectivity index (χ0n) is 17.9. The largest absolute Gasteiger partial charge is 2.00 e. The maximum Gasteiger partial charge on any atom is 2.00 e. The first-order valence-electron chi connectivity index (χ1n) is 9.76. The van der Waals surface area contributed by atoms with Crippen LogP contribution in [0.1, 0.15) is 36.6 Å². The van der Waals surface area contributed by atoms with Crippen LogP contribution in [0.25, 0.3) is 22.5 Å². The van der Waals surface area contributed by atoms with Crippen LogP contribution in [-0.2, 0) is 26.5 Å². The van der Waals surface area contributed by atoms with E-state index in [9.17, 15) is 8.78 Å². The molecule has 4 heterocycles. The second-order valence-electron chi connectivity index (χ2n) is 7.57. The van der Waals surface area contributed by atoms with Gasteiger partial charge in [-0.15, -0.1) is 24.3 Å². The second-order valence-corrected chi connectivity index (χ2v) is 7.57. The van der Waals surface area contributed by atoms with E-state index in [0.29, 0.717) is 22.8 Å². The van der Waals surface area contributed by atoms with Crippen molar-refractivity contribution >= 4 is 0 Å². The van der Waals surface area contributed by atoms with Gasteiger partial charge in [-0.25, -0.2) is 19.3 Å². The Hall–Kier alpha value is -3.87. The molecule has 168 valence electrons. The molecule has 6 nitrogen and oxygen atoms in total. The van der Waals surface area contributed by atoms with Gasteiger partial charge in [-0.2, -0.15) is 0 Å². The van der Waals surface area contributed by atoms with Gasteiger partial charge < -0.3 is 19.9 Å². The maximum atomic E-state index is 14.4. The number of hydrogen-bond acceptors (Lipinski definition) is 6. The van der Waals surface area contributed by atoms with Crippen molar-refractivity contribution in [2.75, 3.05) is 0 Å². The molecular weight excluding hydrogens is 617 g/mol. The van der Waals surface area contributed by atoms with Crippen LogP contribution in [0.2, 0.25) is 0 Å². The van der Waals surface area contributed by atoms with E-state index in [1.54, 1.807) is 48.5 Å². The summed E-state index contributed by atoms with van der Waals surface area (Å²) in [5, 5.41) is 17.8. The number of hydrogen-bond donors (Lipinski definition) is 0. The van der Waals surface area contributed by atoms with Crippen LogP contribution >= 0.6 is 0 Å². The number of nitriles is 2. The Kier molecular flexibility index (Phi) is 7.25. The van der Waals surface area contributed by atoms with Crippen LogP contribution in [0.3, 0.4) is 0 Å². The number of rotatable bonds is 4. The third kappa shape index (κ3) is 4.73. The topological polar surface area (TPSA) is 99.1 Å². The molecule has 0 bridgehead atoms. The van der Waals surface area contributed by atoms with Crippen LogP contribution in [-0.4, -0.2) is 19.9 Å². The van der Waals surface area contributed by atoms with Gasteiger partial charge in [0.1, 0.15) is 11.9 Å². The fourth-order valence-corrected chi connectivity index (χ4v) is 3.24. The van der Waals surface area contributed by atoms with Crippen molar-refractivity contribution in [3.8, 4) is 34.7 Å². The van der Waals surface area contributed by atoms with Crippen LogP contribution in [0.5, 0.6) is 0 Å². The Balaban J connectivity index is 0.00000324. The SMILES string of the molecule is CC(C)(c1cccc(-c2[c-]cc(C#N)nc2F)n1)c1cccc(-c2[c-]cc(C#N)nc2F)n1.[Pt+2]. The molecule has 0 saturated heterocycles. The number of halogens is 2. The molecule has 0 aliphatic carbocycles. The zero-order valence-corrected chi connectivity index (χ0v) is 20.1. The minimum atomic E-state index is -0.837. The summed E-state index contributed by atoms with van der Waals surface area (Å²) >= 11 is 0. The summed E-state index contributed by atoms with van der Waals surface area (Å²) in [4.78, 5) is 16.4. The van der Waals surface area contributed by atoms with Gasteiger partial charge in [0.15, 0.2) is 0 Å². The molecule has 0 aliphatic rings. The van der Waals surface area contributed by atoms with Crippen molar-refractivity contribution in [3.63, 3.8) is 0 Å². The first-order chi connectivity index (χ1) is 15.8. The third-order valence-electron chi connectivity index (χ3n) is 5.08. The zero-order chi connectivity index (χ0) is 23.6. The maximum absolute atomic E-state index is 14.4. The van der Waals surface area contributed by atoms with Crippen molar-refractivity contribution in [3.05, 3.63) is 95.3 Å². The molecule has 0 aliphatic heterocycles. The minimum absolute atomic E-state index is 0. The first kappa shape index (κ1) is 24.8. The monoisotopic (exact) mass is 631 g/mol. The van der Waals surface area contributed by atoms with Crippen molar-refractivity contribution in [1.82, 2.24) is 19.9 Å². The number of nitrogens with zero attached hydrogens (tertiary/aromatic N) is 6. The second kappa shape index (κ2) is 9.95. The molecule has 4 rings (SSSR count). The molecule has 0 N–H and O–H groups in total. The van der Waals surface area contributed by atoms with Crippen molar-refractivity contribution < 1.29 is 29.8 Å². The fourth-order valence-electron chi connectivity index (χ4n) is 3.24. The van der Waals surface area contributed by atoms with E-state index in [-0.39, 0.29) is 43.6 Å². The van der Waals surface area contributed by atoms with Gasteiger partial charge in [0.05, 0.1) is 23.5 Å². The molecule has 0 atom stereocenters. The van der Waals surface area contributed by atoms with Crippen molar-refractivity contribution in [2.24, 2.45) is 0 Å². The summed E-state index contributed by atoms with van der Waals surface area (Å²) < 4.78 is 28.8. The van der Waals surface area contributed by atoms with Crippen molar-refractivity contribution in [2.45, 2.75) is 19.3 Å². The van der Waals surface area contributed by atoms with Gasteiger partial charge in [0.25, 0.3) is 0 Å². The third-order valence-corrected chi connectivity index (χ3v) is 5.08. The van der Waals surface area contributed by atoms with Crippen LogP contribution < -0.4 is 0 Å². The van der Waals surface area contributed by atoms with E-state index in [2.05, 4.69) is 32.1 Å². The van der Waals surface area contributed by atoms with Gasteiger partial charge in [0, 0.05) is 16.8 Å². The standard InChI is InChI=1S/C25H14F2N6.Pt/c1-25(2,21-7-3-5-19(32-21)17-11-9-15(13-28)30-23(17)26)22-8-4-6-20(33-22)18-12-10-16(14-29)31-24(18)27;/h3-10H,1-2H3;/q-2;+2. The number of aromatic nitrogens is 4. The average Bonchev–Trinajstić information content (AvgIpc) is 2.84. The molecule has 9 heteroatoms. The van der Waals surface area contributed by atoms with Gasteiger partial charge >= 0.3 is 21.1 Å². The summed E-state index contributed by atoms with van der Waals surface area (Å²) in [5.41, 5.74) is 1.00. The fraction of sp³-hybridized carbons (Fsp3) is 0.120. The molecule has 0 amide bonds. The normalized spacial score (nSPS) is 10.6. The molecule has 0 radical (unpaired) electrons. The number of pyridine rings is 4. The molecule has 0 spiro atoms. The van der Waals surface area contributed by atoms with Gasteiger partial charge in [-0.3, -0.25) is 0 Å². The molecule has 4 aromatic rings. The molecular formula is C25H14F2N6Pt. The molecule has 0 fully saturated rings. The Labute approximate surface area is 209 Å². The molecule has 0 saturated carbocycles. The Morgan fingerprint density at radius 1 is 0.735 bits per heavy atom. The summed E-state index contributed by atoms with van der Waals surface area (Å²) in [5.74, 6) is -1.67. The molecule has 0 aromatic carbocycles. The summed E-state index contributed by atoms with van der Waals surface area (Å²) in [6, 6.07) is 21.9. The van der Waals surface area contributed by atoms with E-state index in [1.165, 1.54) is 12.1 Å². The average molecular weight is 632 g/mol. The Morgan fingerprint density at radius 2 is 1.15 bits per heavy atom. The van der Waals surface area contributed by atoms with E-state index in [4.69, 9.17) is 10.5 Å². The predicted molar refractivity (Wildman–Crippen MR) is 114 cm³/mol.